The Bertz CT molecular complexity index is 227. The van der Waals surface area contributed by atoms with Crippen molar-refractivity contribution in [3.8, 4) is 0 Å². The van der Waals surface area contributed by atoms with Crippen molar-refractivity contribution in [1.82, 2.24) is 5.32 Å². The van der Waals surface area contributed by atoms with Crippen LogP contribution < -0.4 is 118 Å². The second kappa shape index (κ2) is 13.0. The van der Waals surface area contributed by atoms with Crippen molar-refractivity contribution in [2.75, 3.05) is 13.1 Å². The molecule has 0 amide bonds. The molecule has 1 aliphatic heterocycles. The average molecular weight is 295 g/mol. The van der Waals surface area contributed by atoms with Crippen LogP contribution in [0.2, 0.25) is 0 Å². The van der Waals surface area contributed by atoms with Crippen molar-refractivity contribution in [3.63, 3.8) is 0 Å². The summed E-state index contributed by atoms with van der Waals surface area (Å²) in [6.07, 6.45) is -0.0261. The molecule has 1 heterocycles. The Hall–Kier alpha value is 1.97. The van der Waals surface area contributed by atoms with Gasteiger partial charge in [0.1, 0.15) is 0 Å². The zero-order chi connectivity index (χ0) is 11.9. The van der Waals surface area contributed by atoms with Crippen molar-refractivity contribution < 1.29 is 128 Å². The topological polar surface area (TPSA) is 113 Å². The summed E-state index contributed by atoms with van der Waals surface area (Å²) in [4.78, 5) is 19.2. The van der Waals surface area contributed by atoms with Crippen molar-refractivity contribution >= 4 is 12.1 Å². The van der Waals surface area contributed by atoms with Crippen LogP contribution in [0.5, 0.6) is 0 Å². The van der Waals surface area contributed by atoms with Gasteiger partial charge in [-0.1, -0.05) is 6.92 Å². The largest absolute Gasteiger partial charge is 1.00 e. The van der Waals surface area contributed by atoms with E-state index >= 15 is 0 Å². The van der Waals surface area contributed by atoms with Crippen LogP contribution in [0.15, 0.2) is 0 Å². The number of piperidine rings is 1. The smallest absolute Gasteiger partial charge is 0.652 e. The van der Waals surface area contributed by atoms with E-state index in [9.17, 15) is 4.79 Å². The van der Waals surface area contributed by atoms with Gasteiger partial charge >= 0.3 is 109 Å². The van der Waals surface area contributed by atoms with Crippen LogP contribution in [0.4, 0.5) is 4.79 Å². The van der Waals surface area contributed by atoms with E-state index in [2.05, 4.69) is 5.32 Å². The fraction of sp³-hybridized carbons (Fsp3) is 0.778. The molecule has 1 saturated heterocycles. The van der Waals surface area contributed by atoms with E-state index in [1.54, 1.807) is 0 Å². The van der Waals surface area contributed by atoms with Crippen LogP contribution in [0, 0.1) is 5.41 Å². The summed E-state index contributed by atoms with van der Waals surface area (Å²) in [7, 11) is 0. The van der Waals surface area contributed by atoms with Gasteiger partial charge in [-0.25, -0.2) is 0 Å². The van der Waals surface area contributed by atoms with Gasteiger partial charge in [-0.2, -0.15) is 0 Å². The predicted octanol–water partition coefficient (Wildman–Crippen LogP) is -7.59. The third-order valence-corrected chi connectivity index (χ3v) is 2.69. The maximum absolute atomic E-state index is 10.9. The third-order valence-electron chi connectivity index (χ3n) is 2.69. The van der Waals surface area contributed by atoms with Crippen LogP contribution >= 0.6 is 0 Å². The fourth-order valence-electron chi connectivity index (χ4n) is 1.62. The van der Waals surface area contributed by atoms with E-state index in [1.807, 2.05) is 6.92 Å². The van der Waals surface area contributed by atoms with Crippen molar-refractivity contribution in [3.05, 3.63) is 0 Å². The number of nitrogens with one attached hydrogen (secondary N) is 1. The quantitative estimate of drug-likeness (QED) is 0.489. The Morgan fingerprint density at radius 2 is 1.59 bits per heavy atom. The molecule has 1 aliphatic rings. The number of carboxylic acids is 1. The third kappa shape index (κ3) is 10.4. The fourth-order valence-corrected chi connectivity index (χ4v) is 1.62. The van der Waals surface area contributed by atoms with E-state index in [-0.39, 0.29) is 103 Å². The summed E-state index contributed by atoms with van der Waals surface area (Å²) in [6.45, 7) is 3.65. The summed E-state index contributed by atoms with van der Waals surface area (Å²) in [5.74, 6) is -0.624. The van der Waals surface area contributed by atoms with Gasteiger partial charge in [0.25, 0.3) is 0 Å². The maximum atomic E-state index is 10.9. The predicted molar refractivity (Wildman–Crippen MR) is 47.9 cm³/mol. The van der Waals surface area contributed by atoms with Gasteiger partial charge in [0, 0.05) is 0 Å². The molecule has 0 spiro atoms. The molecule has 2 N–H and O–H groups in total. The first-order chi connectivity index (χ1) is 6.94. The Balaban J connectivity index is -0.000000289. The summed E-state index contributed by atoms with van der Waals surface area (Å²) >= 11 is 0. The number of hydrogen-bond acceptors (Lipinski definition) is 5. The van der Waals surface area contributed by atoms with Crippen LogP contribution in [0.1, 0.15) is 26.2 Å². The number of carbonyl (C=O) groups is 2. The molecule has 0 bridgehead atoms. The molecule has 88 valence electrons. The zero-order valence-corrected chi connectivity index (χ0v) is 16.9. The van der Waals surface area contributed by atoms with E-state index in [0.717, 1.165) is 32.4 Å². The van der Waals surface area contributed by atoms with Crippen LogP contribution in [-0.4, -0.2) is 30.3 Å². The number of carboxylic acid groups (broad SMARTS) is 3. The number of rotatable bonds is 2. The Morgan fingerprint density at radius 3 is 1.76 bits per heavy atom. The molecule has 0 saturated carbocycles. The van der Waals surface area contributed by atoms with Crippen LogP contribution in [0.25, 0.3) is 0 Å². The van der Waals surface area contributed by atoms with E-state index < -0.39 is 17.5 Å². The molecule has 17 heavy (non-hydrogen) atoms. The molecule has 0 atom stereocenters. The minimum atomic E-state index is -2.33. The number of carbonyl (C=O) groups excluding carboxylic acids is 1. The normalized spacial score (nSPS) is 16.3. The van der Waals surface area contributed by atoms with Gasteiger partial charge in [-0.3, -0.25) is 4.79 Å². The van der Waals surface area contributed by atoms with Crippen LogP contribution in [-0.2, 0) is 4.79 Å². The number of hydrogen-bond donors (Lipinski definition) is 2. The second-order valence-corrected chi connectivity index (χ2v) is 3.44. The molecular weight excluding hydrogens is 280 g/mol. The molecule has 0 aromatic carbocycles. The van der Waals surface area contributed by atoms with Gasteiger partial charge in [-0.05, 0) is 38.5 Å². The van der Waals surface area contributed by atoms with Crippen molar-refractivity contribution in [2.24, 2.45) is 5.41 Å². The van der Waals surface area contributed by atoms with Gasteiger partial charge in [0.05, 0.1) is 5.41 Å². The second-order valence-electron chi connectivity index (χ2n) is 3.44. The molecule has 0 aromatic rings. The molecule has 6 nitrogen and oxygen atoms in total. The molecular formula is C9H15K2NO5. The minimum absolute atomic E-state index is 0. The molecule has 0 radical (unpaired) electrons. The monoisotopic (exact) mass is 295 g/mol. The Kier molecular flexibility index (Phi) is 18.3. The molecule has 0 unspecified atom stereocenters. The maximum Gasteiger partial charge on any atom is 1.00 e. The molecule has 8 heteroatoms. The molecule has 0 aliphatic carbocycles. The van der Waals surface area contributed by atoms with Gasteiger partial charge in [-0.15, -0.1) is 0 Å². The summed E-state index contributed by atoms with van der Waals surface area (Å²) in [6, 6.07) is 0. The summed E-state index contributed by atoms with van der Waals surface area (Å²) < 4.78 is 0. The number of aliphatic carboxylic acids is 1. The van der Waals surface area contributed by atoms with Crippen molar-refractivity contribution in [1.29, 1.82) is 0 Å². The zero-order valence-electron chi connectivity index (χ0n) is 10.6. The summed E-state index contributed by atoms with van der Waals surface area (Å²) in [5.41, 5.74) is -0.425. The summed E-state index contributed by atoms with van der Waals surface area (Å²) in [5, 5.41) is 28.8. The van der Waals surface area contributed by atoms with Crippen LogP contribution in [0.3, 0.4) is 0 Å². The average Bonchev–Trinajstić information content (AvgIpc) is 2.18. The molecule has 0 aromatic heterocycles. The molecule has 1 rings (SSSR count). The standard InChI is InChI=1S/C8H15NO2.CH2O3.2K/c1-2-8(7(10)11)3-5-9-6-4-8;2-1(3)4;;/h9H,2-6H2,1H3,(H,10,11);(H2,2,3,4);;/q;;2*+1/p-2. The first-order valence-corrected chi connectivity index (χ1v) is 4.76. The van der Waals surface area contributed by atoms with E-state index in [4.69, 9.17) is 20.1 Å². The van der Waals surface area contributed by atoms with Gasteiger partial charge in [0.15, 0.2) is 0 Å². The first-order valence-electron chi connectivity index (χ1n) is 4.76. The minimum Gasteiger partial charge on any atom is -0.652 e. The van der Waals surface area contributed by atoms with Gasteiger partial charge in [0.2, 0.25) is 0 Å². The van der Waals surface area contributed by atoms with Crippen molar-refractivity contribution in [2.45, 2.75) is 26.2 Å². The Morgan fingerprint density at radius 1 is 1.24 bits per heavy atom. The van der Waals surface area contributed by atoms with E-state index in [0.29, 0.717) is 0 Å². The Labute approximate surface area is 186 Å². The molecule has 1 fully saturated rings. The first kappa shape index (κ1) is 24.0. The van der Waals surface area contributed by atoms with Gasteiger partial charge < -0.3 is 25.4 Å². The SMILES string of the molecule is CCC1(C(=O)O)CCNCC1.O=C([O-])[O-].[K+].[K+]. The van der Waals surface area contributed by atoms with E-state index in [1.165, 1.54) is 0 Å².